The third-order valence-corrected chi connectivity index (χ3v) is 5.28. The van der Waals surface area contributed by atoms with E-state index in [1.807, 2.05) is 47.0 Å². The van der Waals surface area contributed by atoms with Gasteiger partial charge in [-0.2, -0.15) is 0 Å². The van der Waals surface area contributed by atoms with E-state index in [0.29, 0.717) is 23.1 Å². The Kier molecular flexibility index (Phi) is 5.76. The number of hydrogen-bond donors (Lipinski definition) is 0. The van der Waals surface area contributed by atoms with Crippen LogP contribution >= 0.6 is 11.8 Å². The van der Waals surface area contributed by atoms with E-state index >= 15 is 0 Å². The van der Waals surface area contributed by atoms with Crippen LogP contribution in [0.2, 0.25) is 0 Å². The fraction of sp³-hybridized carbons (Fsp3) is 0.0909. The molecule has 0 fully saturated rings. The number of carbonyl (C=O) groups excluding carboxylic acids is 1. The van der Waals surface area contributed by atoms with Gasteiger partial charge in [0.1, 0.15) is 5.82 Å². The van der Waals surface area contributed by atoms with E-state index in [1.165, 1.54) is 30.0 Å². The van der Waals surface area contributed by atoms with Crippen molar-refractivity contribution < 1.29 is 9.18 Å². The zero-order chi connectivity index (χ0) is 20.1. The molecule has 0 aliphatic rings. The Bertz CT molecular complexity index is 1120. The van der Waals surface area contributed by atoms with Gasteiger partial charge in [-0.1, -0.05) is 54.2 Å². The van der Waals surface area contributed by atoms with Crippen LogP contribution < -0.4 is 0 Å². The second-order valence-corrected chi connectivity index (χ2v) is 7.28. The average Bonchev–Trinajstić information content (AvgIpc) is 3.15. The van der Waals surface area contributed by atoms with Gasteiger partial charge in [0.25, 0.3) is 0 Å². The minimum atomic E-state index is -0.423. The average molecular weight is 404 g/mol. The Morgan fingerprint density at radius 1 is 0.966 bits per heavy atom. The Hall–Kier alpha value is -3.32. The van der Waals surface area contributed by atoms with Crippen LogP contribution in [-0.2, 0) is 6.54 Å². The smallest absolute Gasteiger partial charge is 0.192 e. The molecule has 0 aliphatic heterocycles. The van der Waals surface area contributed by atoms with Gasteiger partial charge in [-0.05, 0) is 29.8 Å². The third-order valence-electron chi connectivity index (χ3n) is 4.32. The number of Topliss-reactive ketones (excluding diaryl/α,β-unsaturated/α-hetero) is 1. The van der Waals surface area contributed by atoms with Crippen LogP contribution in [0.15, 0.2) is 84.3 Å². The fourth-order valence-corrected chi connectivity index (χ4v) is 3.73. The normalized spacial score (nSPS) is 10.8. The molecule has 0 N–H and O–H groups in total. The van der Waals surface area contributed by atoms with Crippen molar-refractivity contribution in [1.29, 1.82) is 0 Å². The molecule has 0 spiro atoms. The zero-order valence-electron chi connectivity index (χ0n) is 15.4. The Balaban J connectivity index is 1.61. The van der Waals surface area contributed by atoms with Crippen LogP contribution in [0, 0.1) is 5.82 Å². The lowest BCUT2D eigenvalue weighted by Gasteiger charge is -2.10. The molecular weight excluding hydrogens is 387 g/mol. The maximum Gasteiger partial charge on any atom is 0.192 e. The van der Waals surface area contributed by atoms with Gasteiger partial charge in [0, 0.05) is 23.5 Å². The van der Waals surface area contributed by atoms with Crippen LogP contribution in [0.3, 0.4) is 0 Å². The first kappa shape index (κ1) is 19.0. The highest BCUT2D eigenvalue weighted by atomic mass is 32.2. The summed E-state index contributed by atoms with van der Waals surface area (Å²) >= 11 is 1.29. The molecule has 2 aromatic heterocycles. The lowest BCUT2D eigenvalue weighted by atomic mass is 10.1. The summed E-state index contributed by atoms with van der Waals surface area (Å²) < 4.78 is 15.4. The molecular formula is C22H17FN4OS. The van der Waals surface area contributed by atoms with Crippen LogP contribution in [-0.4, -0.2) is 31.3 Å². The number of rotatable bonds is 7. The van der Waals surface area contributed by atoms with Gasteiger partial charge in [-0.25, -0.2) is 4.39 Å². The van der Waals surface area contributed by atoms with Gasteiger partial charge in [0.05, 0.1) is 12.3 Å². The van der Waals surface area contributed by atoms with Gasteiger partial charge in [0.2, 0.25) is 0 Å². The summed E-state index contributed by atoms with van der Waals surface area (Å²) in [6.07, 6.45) is 3.41. The first-order valence-electron chi connectivity index (χ1n) is 9.00. The van der Waals surface area contributed by atoms with Crippen molar-refractivity contribution in [3.63, 3.8) is 0 Å². The monoisotopic (exact) mass is 404 g/mol. The van der Waals surface area contributed by atoms with Crippen LogP contribution in [0.1, 0.15) is 15.9 Å². The van der Waals surface area contributed by atoms with Crippen molar-refractivity contribution in [3.05, 3.63) is 96.1 Å². The van der Waals surface area contributed by atoms with Gasteiger partial charge < -0.3 is 0 Å². The molecule has 0 saturated heterocycles. The van der Waals surface area contributed by atoms with Crippen LogP contribution in [0.4, 0.5) is 4.39 Å². The van der Waals surface area contributed by atoms with Gasteiger partial charge in [-0.3, -0.25) is 14.3 Å². The number of carbonyl (C=O) groups is 1. The molecule has 7 heteroatoms. The van der Waals surface area contributed by atoms with Crippen molar-refractivity contribution in [2.75, 3.05) is 5.75 Å². The molecule has 0 amide bonds. The minimum Gasteiger partial charge on any atom is -0.298 e. The summed E-state index contributed by atoms with van der Waals surface area (Å²) in [7, 11) is 0. The first-order valence-corrected chi connectivity index (χ1v) is 9.98. The number of thioether (sulfide) groups is 1. The van der Waals surface area contributed by atoms with Crippen molar-refractivity contribution in [2.45, 2.75) is 11.7 Å². The number of nitrogens with zero attached hydrogens (tertiary/aromatic N) is 4. The van der Waals surface area contributed by atoms with Crippen molar-refractivity contribution in [2.24, 2.45) is 0 Å². The van der Waals surface area contributed by atoms with E-state index in [-0.39, 0.29) is 11.5 Å². The number of ketones is 1. The molecule has 5 nitrogen and oxygen atoms in total. The predicted octanol–water partition coefficient (Wildman–Crippen LogP) is 4.50. The largest absolute Gasteiger partial charge is 0.298 e. The van der Waals surface area contributed by atoms with Crippen LogP contribution in [0.25, 0.3) is 11.4 Å². The van der Waals surface area contributed by atoms with E-state index < -0.39 is 5.82 Å². The maximum atomic E-state index is 13.4. The summed E-state index contributed by atoms with van der Waals surface area (Å²) in [5, 5.41) is 9.27. The second kappa shape index (κ2) is 8.79. The number of benzene rings is 2. The molecule has 0 bridgehead atoms. The molecule has 144 valence electrons. The summed E-state index contributed by atoms with van der Waals surface area (Å²) in [5.74, 6) is 0.270. The summed E-state index contributed by atoms with van der Waals surface area (Å²) in [6.45, 7) is 0.571. The highest BCUT2D eigenvalue weighted by molar-refractivity contribution is 7.99. The maximum absolute atomic E-state index is 13.4. The zero-order valence-corrected chi connectivity index (χ0v) is 16.2. The number of hydrogen-bond acceptors (Lipinski definition) is 5. The molecule has 29 heavy (non-hydrogen) atoms. The van der Waals surface area contributed by atoms with Crippen LogP contribution in [0.5, 0.6) is 0 Å². The lowest BCUT2D eigenvalue weighted by molar-refractivity contribution is 0.102. The minimum absolute atomic E-state index is 0.146. The molecule has 4 aromatic rings. The molecule has 0 aliphatic carbocycles. The van der Waals surface area contributed by atoms with Gasteiger partial charge >= 0.3 is 0 Å². The Labute approximate surface area is 171 Å². The molecule has 0 radical (unpaired) electrons. The first-order chi connectivity index (χ1) is 14.2. The predicted molar refractivity (Wildman–Crippen MR) is 110 cm³/mol. The number of halogens is 1. The fourth-order valence-electron chi connectivity index (χ4n) is 2.89. The highest BCUT2D eigenvalue weighted by Crippen LogP contribution is 2.25. The topological polar surface area (TPSA) is 60.7 Å². The number of pyridine rings is 1. The summed E-state index contributed by atoms with van der Waals surface area (Å²) in [4.78, 5) is 16.5. The van der Waals surface area contributed by atoms with Gasteiger partial charge in [-0.15, -0.1) is 10.2 Å². The summed E-state index contributed by atoms with van der Waals surface area (Å²) in [6, 6.07) is 19.4. The lowest BCUT2D eigenvalue weighted by Crippen LogP contribution is -2.07. The van der Waals surface area contributed by atoms with E-state index in [9.17, 15) is 9.18 Å². The van der Waals surface area contributed by atoms with E-state index in [4.69, 9.17) is 0 Å². The van der Waals surface area contributed by atoms with E-state index in [2.05, 4.69) is 15.2 Å². The molecule has 0 unspecified atom stereocenters. The van der Waals surface area contributed by atoms with Crippen molar-refractivity contribution in [1.82, 2.24) is 19.7 Å². The molecule has 2 heterocycles. The van der Waals surface area contributed by atoms with E-state index in [0.717, 1.165) is 11.1 Å². The summed E-state index contributed by atoms with van der Waals surface area (Å²) in [5.41, 5.74) is 2.34. The molecule has 2 aromatic carbocycles. The molecule has 0 saturated carbocycles. The SMILES string of the molecule is O=C(CSc1nnc(-c2ccncc2)n1Cc1ccccc1)c1cccc(F)c1. The third kappa shape index (κ3) is 4.57. The quantitative estimate of drug-likeness (QED) is 0.335. The molecule has 0 atom stereocenters. The molecule has 4 rings (SSSR count). The van der Waals surface area contributed by atoms with Gasteiger partial charge in [0.15, 0.2) is 16.8 Å². The Morgan fingerprint density at radius 2 is 1.76 bits per heavy atom. The standard InChI is InChI=1S/C22H17FN4OS/c23-19-8-4-7-18(13-19)20(28)15-29-22-26-25-21(17-9-11-24-12-10-17)27(22)14-16-5-2-1-3-6-16/h1-13H,14-15H2. The highest BCUT2D eigenvalue weighted by Gasteiger charge is 2.17. The van der Waals surface area contributed by atoms with Crippen molar-refractivity contribution >= 4 is 17.5 Å². The Morgan fingerprint density at radius 3 is 2.52 bits per heavy atom. The number of aromatic nitrogens is 4. The second-order valence-electron chi connectivity index (χ2n) is 6.34. The van der Waals surface area contributed by atoms with Crippen molar-refractivity contribution in [3.8, 4) is 11.4 Å². The van der Waals surface area contributed by atoms with E-state index in [1.54, 1.807) is 18.5 Å².